The Hall–Kier alpha value is -4.93. The number of carbonyl (C=O) groups is 4. The number of nitrogens with zero attached hydrogens (tertiary/aromatic N) is 7. The number of benzene rings is 2. The lowest BCUT2D eigenvalue weighted by Gasteiger charge is -2.38. The van der Waals surface area contributed by atoms with Crippen LogP contribution in [0, 0.1) is 6.92 Å². The molecule has 2 aliphatic heterocycles. The quantitative estimate of drug-likeness (QED) is 0.222. The molecule has 3 aromatic rings. The fraction of sp³-hybridized carbons (Fsp3) is 0.452. The van der Waals surface area contributed by atoms with E-state index >= 15 is 0 Å². The topological polar surface area (TPSA) is 184 Å². The van der Waals surface area contributed by atoms with E-state index < -0.39 is 35.5 Å². The van der Waals surface area contributed by atoms with Crippen molar-refractivity contribution >= 4 is 35.1 Å². The summed E-state index contributed by atoms with van der Waals surface area (Å²) in [6, 6.07) is 10.9. The van der Waals surface area contributed by atoms with E-state index in [9.17, 15) is 24.3 Å². The number of amides is 5. The summed E-state index contributed by atoms with van der Waals surface area (Å²) in [7, 11) is 0. The number of morpholine rings is 1. The summed E-state index contributed by atoms with van der Waals surface area (Å²) >= 11 is 0. The molecule has 0 bridgehead atoms. The third kappa shape index (κ3) is 8.08. The molecule has 250 valence electrons. The summed E-state index contributed by atoms with van der Waals surface area (Å²) < 4.78 is 6.82. The number of piperazine rings is 1. The molecule has 0 radical (unpaired) electrons. The maximum absolute atomic E-state index is 13.7. The highest BCUT2D eigenvalue weighted by Crippen LogP contribution is 2.28. The number of carbonyl (C=O) groups excluding carboxylic acids is 4. The van der Waals surface area contributed by atoms with Crippen LogP contribution >= 0.6 is 0 Å². The van der Waals surface area contributed by atoms with Crippen LogP contribution in [0.2, 0.25) is 0 Å². The van der Waals surface area contributed by atoms with Crippen molar-refractivity contribution in [2.45, 2.75) is 51.9 Å². The van der Waals surface area contributed by atoms with Crippen molar-refractivity contribution in [3.8, 4) is 5.69 Å². The van der Waals surface area contributed by atoms with Gasteiger partial charge in [0.15, 0.2) is 0 Å². The van der Waals surface area contributed by atoms with Gasteiger partial charge in [-0.3, -0.25) is 19.2 Å². The number of hydroxylamine groups is 1. The molecule has 2 saturated heterocycles. The average Bonchev–Trinajstić information content (AvgIpc) is 3.59. The zero-order valence-electron chi connectivity index (χ0n) is 26.8. The van der Waals surface area contributed by atoms with E-state index in [1.807, 2.05) is 13.0 Å². The monoisotopic (exact) mass is 649 g/mol. The number of aryl methyl sites for hydroxylation is 1. The van der Waals surface area contributed by atoms with E-state index in [1.54, 1.807) is 62.1 Å². The average molecular weight is 650 g/mol. The van der Waals surface area contributed by atoms with Crippen LogP contribution in [-0.2, 0) is 30.4 Å². The summed E-state index contributed by atoms with van der Waals surface area (Å²) in [5, 5.41) is 23.5. The molecular formula is C31H39N9O7. The predicted octanol–water partition coefficient (Wildman–Crippen LogP) is 0.829. The van der Waals surface area contributed by atoms with Crippen molar-refractivity contribution in [1.29, 1.82) is 0 Å². The minimum Gasteiger partial charge on any atom is -0.394 e. The Bertz CT molecular complexity index is 1590. The molecule has 1 aromatic heterocycles. The van der Waals surface area contributed by atoms with Gasteiger partial charge in [0.2, 0.25) is 0 Å². The van der Waals surface area contributed by atoms with Crippen LogP contribution in [0.25, 0.3) is 5.69 Å². The van der Waals surface area contributed by atoms with Crippen LogP contribution < -0.4 is 15.7 Å². The van der Waals surface area contributed by atoms with Crippen LogP contribution in [-0.4, -0.2) is 116 Å². The van der Waals surface area contributed by atoms with E-state index in [0.717, 1.165) is 5.56 Å². The van der Waals surface area contributed by atoms with Gasteiger partial charge in [0, 0.05) is 31.7 Å². The van der Waals surface area contributed by atoms with E-state index in [2.05, 4.69) is 26.3 Å². The molecule has 5 amide bonds. The largest absolute Gasteiger partial charge is 0.394 e. The van der Waals surface area contributed by atoms with Crippen LogP contribution in [0.5, 0.6) is 0 Å². The number of hydrogen-bond acceptors (Lipinski definition) is 10. The lowest BCUT2D eigenvalue weighted by atomic mass is 10.0. The first kappa shape index (κ1) is 33.4. The minimum absolute atomic E-state index is 0.0731. The summed E-state index contributed by atoms with van der Waals surface area (Å²) in [5.74, 6) is -2.22. The van der Waals surface area contributed by atoms with Gasteiger partial charge in [0.25, 0.3) is 5.91 Å². The van der Waals surface area contributed by atoms with Gasteiger partial charge >= 0.3 is 17.8 Å². The Morgan fingerprint density at radius 3 is 2.51 bits per heavy atom. The molecule has 0 spiro atoms. The van der Waals surface area contributed by atoms with E-state index in [4.69, 9.17) is 9.57 Å². The molecule has 16 heteroatoms. The van der Waals surface area contributed by atoms with Crippen LogP contribution in [0.15, 0.2) is 48.8 Å². The Morgan fingerprint density at radius 2 is 1.83 bits per heavy atom. The van der Waals surface area contributed by atoms with Gasteiger partial charge in [-0.15, -0.1) is 5.10 Å². The van der Waals surface area contributed by atoms with Gasteiger partial charge in [-0.2, -0.15) is 4.68 Å². The van der Waals surface area contributed by atoms with Gasteiger partial charge in [-0.1, -0.05) is 18.2 Å². The standard InChI is InChI=1S/C31H39N9O7/c1-20-5-10-24(40-19-32-35-36-40)25(15-20)38-11-12-39(29(44)28(38)43)26(27(42)34-47-31(2,3)4)16-21-6-8-22(9-7-21)33-30(45)37-13-14-46-23(17-37)18-41/h5-10,15,19,23,26,41H,11-14,16-18H2,1-4H3,(H,33,45)(H,34,42)/t23-,26-/m0/s1. The Balaban J connectivity index is 1.33. The van der Waals surface area contributed by atoms with Crippen molar-refractivity contribution in [3.63, 3.8) is 0 Å². The van der Waals surface area contributed by atoms with Crippen molar-refractivity contribution < 1.29 is 33.9 Å². The van der Waals surface area contributed by atoms with Gasteiger partial charge in [0.05, 0.1) is 42.8 Å². The molecule has 3 heterocycles. The number of urea groups is 1. The molecular weight excluding hydrogens is 610 g/mol. The van der Waals surface area contributed by atoms with Crippen LogP contribution in [0.3, 0.4) is 0 Å². The van der Waals surface area contributed by atoms with Crippen molar-refractivity contribution in [3.05, 3.63) is 59.9 Å². The van der Waals surface area contributed by atoms with Crippen LogP contribution in [0.1, 0.15) is 31.9 Å². The number of anilines is 2. The molecule has 2 fully saturated rings. The number of tetrazole rings is 1. The maximum atomic E-state index is 13.7. The van der Waals surface area contributed by atoms with Gasteiger partial charge in [-0.05, 0) is 73.5 Å². The molecule has 2 aromatic carbocycles. The zero-order valence-corrected chi connectivity index (χ0v) is 26.8. The lowest BCUT2D eigenvalue weighted by Crippen LogP contribution is -2.61. The summed E-state index contributed by atoms with van der Waals surface area (Å²) in [6.07, 6.45) is 1.05. The Kier molecular flexibility index (Phi) is 10.1. The molecule has 0 unspecified atom stereocenters. The fourth-order valence-corrected chi connectivity index (χ4v) is 5.27. The number of rotatable bonds is 9. The minimum atomic E-state index is -1.07. The molecule has 0 saturated carbocycles. The first-order valence-corrected chi connectivity index (χ1v) is 15.2. The third-order valence-electron chi connectivity index (χ3n) is 7.67. The molecule has 2 aliphatic rings. The second kappa shape index (κ2) is 14.2. The highest BCUT2D eigenvalue weighted by molar-refractivity contribution is 6.41. The second-order valence-electron chi connectivity index (χ2n) is 12.4. The lowest BCUT2D eigenvalue weighted by molar-refractivity contribution is -0.158. The first-order chi connectivity index (χ1) is 22.4. The number of aliphatic hydroxyl groups excluding tert-OH is 1. The van der Waals surface area contributed by atoms with Gasteiger partial charge in [-0.25, -0.2) is 10.3 Å². The predicted molar refractivity (Wildman–Crippen MR) is 168 cm³/mol. The third-order valence-corrected chi connectivity index (χ3v) is 7.67. The fourth-order valence-electron chi connectivity index (χ4n) is 5.27. The molecule has 2 atom stereocenters. The summed E-state index contributed by atoms with van der Waals surface area (Å²) in [5.41, 5.74) is 4.84. The molecule has 3 N–H and O–H groups in total. The maximum Gasteiger partial charge on any atom is 0.322 e. The molecule has 5 rings (SSSR count). The normalized spacial score (nSPS) is 17.9. The Labute approximate surface area is 271 Å². The highest BCUT2D eigenvalue weighted by atomic mass is 16.7. The van der Waals surface area contributed by atoms with E-state index in [-0.39, 0.29) is 38.7 Å². The Morgan fingerprint density at radius 1 is 1.06 bits per heavy atom. The van der Waals surface area contributed by atoms with Gasteiger partial charge in [0.1, 0.15) is 12.4 Å². The summed E-state index contributed by atoms with van der Waals surface area (Å²) in [4.78, 5) is 63.3. The highest BCUT2D eigenvalue weighted by Gasteiger charge is 2.41. The number of ether oxygens (including phenoxy) is 1. The second-order valence-corrected chi connectivity index (χ2v) is 12.4. The smallest absolute Gasteiger partial charge is 0.322 e. The molecule has 47 heavy (non-hydrogen) atoms. The molecule has 0 aliphatic carbocycles. The number of nitrogens with one attached hydrogen (secondary N) is 2. The number of aromatic nitrogens is 4. The SMILES string of the molecule is Cc1ccc(-n2cnnn2)c(N2CCN([C@@H](Cc3ccc(NC(=O)N4CCO[C@H](CO)C4)cc3)C(=O)NOC(C)(C)C)C(=O)C2=O)c1. The van der Waals surface area contributed by atoms with Crippen molar-refractivity contribution in [2.75, 3.05) is 49.6 Å². The zero-order chi connectivity index (χ0) is 33.7. The number of aliphatic hydroxyl groups is 1. The van der Waals surface area contributed by atoms with Gasteiger partial charge < -0.3 is 29.9 Å². The summed E-state index contributed by atoms with van der Waals surface area (Å²) in [6.45, 7) is 8.21. The molecule has 16 nitrogen and oxygen atoms in total. The van der Waals surface area contributed by atoms with Crippen molar-refractivity contribution in [1.82, 2.24) is 35.5 Å². The van der Waals surface area contributed by atoms with Crippen molar-refractivity contribution in [2.24, 2.45) is 0 Å². The first-order valence-electron chi connectivity index (χ1n) is 15.2. The van der Waals surface area contributed by atoms with Crippen LogP contribution in [0.4, 0.5) is 16.2 Å². The van der Waals surface area contributed by atoms with E-state index in [0.29, 0.717) is 35.8 Å². The number of hydrogen-bond donors (Lipinski definition) is 3. The van der Waals surface area contributed by atoms with E-state index in [1.165, 1.54) is 20.8 Å².